The summed E-state index contributed by atoms with van der Waals surface area (Å²) in [5.74, 6) is 5.98. The van der Waals surface area contributed by atoms with Gasteiger partial charge in [0.2, 0.25) is 0 Å². The van der Waals surface area contributed by atoms with E-state index in [0.29, 0.717) is 16.7 Å². The number of rotatable bonds is 5. The number of halogens is 2. The van der Waals surface area contributed by atoms with Crippen molar-refractivity contribution in [1.29, 1.82) is 0 Å². The van der Waals surface area contributed by atoms with E-state index < -0.39 is 12.2 Å². The van der Waals surface area contributed by atoms with Crippen LogP contribution in [0.25, 0.3) is 0 Å². The number of benzene rings is 2. The van der Waals surface area contributed by atoms with Crippen LogP contribution in [0, 0.1) is 18.8 Å². The number of amides is 1. The fourth-order valence-electron chi connectivity index (χ4n) is 3.40. The molecular formula is C23H23F2N3O2. The number of aliphatic imine (C=N–C) groups is 1. The van der Waals surface area contributed by atoms with Gasteiger partial charge in [0.15, 0.2) is 11.5 Å². The van der Waals surface area contributed by atoms with Crippen molar-refractivity contribution in [1.82, 2.24) is 4.90 Å². The minimum absolute atomic E-state index is 0.0406. The zero-order valence-corrected chi connectivity index (χ0v) is 17.1. The number of guanidine groups is 1. The van der Waals surface area contributed by atoms with Gasteiger partial charge in [0.05, 0.1) is 0 Å². The molecule has 0 radical (unpaired) electrons. The lowest BCUT2D eigenvalue weighted by molar-refractivity contribution is -0.129. The molecule has 2 aromatic carbocycles. The van der Waals surface area contributed by atoms with Gasteiger partial charge < -0.3 is 10.5 Å². The number of carbonyl (C=O) groups excluding carboxylic acids is 1. The van der Waals surface area contributed by atoms with E-state index in [0.717, 1.165) is 18.4 Å². The average molecular weight is 411 g/mol. The minimum Gasteiger partial charge on any atom is -0.435 e. The van der Waals surface area contributed by atoms with Crippen molar-refractivity contribution < 1.29 is 18.3 Å². The summed E-state index contributed by atoms with van der Waals surface area (Å²) >= 11 is 0. The molecule has 5 nitrogen and oxygen atoms in total. The van der Waals surface area contributed by atoms with Gasteiger partial charge in [-0.15, -0.1) is 0 Å². The molecule has 0 fully saturated rings. The lowest BCUT2D eigenvalue weighted by atomic mass is 9.81. The standard InChI is InChI=1S/C23H23F2N3O2/c1-4-5-6-8-16-9-7-10-17(14-16)23(20(29)28(3)22(26)27-23)18-11-12-19(15(2)13-18)30-21(24)25/h7,9-14,21H,4-5H2,1-3H3,(H2,26,27)/t23-/m0/s1. The number of carbonyl (C=O) groups is 1. The predicted octanol–water partition coefficient (Wildman–Crippen LogP) is 3.78. The summed E-state index contributed by atoms with van der Waals surface area (Å²) in [5.41, 5.74) is 6.90. The van der Waals surface area contributed by atoms with Crippen molar-refractivity contribution in [3.63, 3.8) is 0 Å². The van der Waals surface area contributed by atoms with E-state index in [1.807, 2.05) is 25.1 Å². The molecule has 0 aliphatic carbocycles. The van der Waals surface area contributed by atoms with E-state index in [9.17, 15) is 13.6 Å². The topological polar surface area (TPSA) is 67.9 Å². The number of hydrogen-bond donors (Lipinski definition) is 1. The molecule has 1 atom stereocenters. The molecule has 1 aliphatic rings. The Labute approximate surface area is 174 Å². The maximum absolute atomic E-state index is 13.3. The molecule has 0 saturated carbocycles. The van der Waals surface area contributed by atoms with Crippen LogP contribution in [0.3, 0.4) is 0 Å². The van der Waals surface area contributed by atoms with E-state index in [1.54, 1.807) is 32.2 Å². The van der Waals surface area contributed by atoms with Crippen LogP contribution in [0.15, 0.2) is 47.5 Å². The molecule has 0 unspecified atom stereocenters. The quantitative estimate of drug-likeness (QED) is 0.762. The number of hydrogen-bond acceptors (Lipinski definition) is 4. The third-order valence-electron chi connectivity index (χ3n) is 4.94. The Morgan fingerprint density at radius 2 is 1.97 bits per heavy atom. The molecule has 1 amide bonds. The van der Waals surface area contributed by atoms with Gasteiger partial charge in [-0.25, -0.2) is 4.99 Å². The van der Waals surface area contributed by atoms with Crippen LogP contribution in [-0.2, 0) is 10.3 Å². The molecule has 1 aliphatic heterocycles. The molecule has 3 rings (SSSR count). The fraction of sp³-hybridized carbons (Fsp3) is 0.304. The highest BCUT2D eigenvalue weighted by atomic mass is 19.3. The first-order chi connectivity index (χ1) is 14.3. The van der Waals surface area contributed by atoms with Crippen LogP contribution in [0.1, 0.15) is 42.0 Å². The molecule has 156 valence electrons. The molecule has 0 aromatic heterocycles. The minimum atomic E-state index is -2.94. The zero-order chi connectivity index (χ0) is 21.9. The first-order valence-electron chi connectivity index (χ1n) is 9.58. The normalized spacial score (nSPS) is 18.3. The van der Waals surface area contributed by atoms with Crippen LogP contribution in [-0.4, -0.2) is 30.4 Å². The van der Waals surface area contributed by atoms with Gasteiger partial charge in [-0.3, -0.25) is 9.69 Å². The lowest BCUT2D eigenvalue weighted by Gasteiger charge is -2.27. The van der Waals surface area contributed by atoms with Crippen LogP contribution < -0.4 is 10.5 Å². The summed E-state index contributed by atoms with van der Waals surface area (Å²) in [5, 5.41) is 0. The van der Waals surface area contributed by atoms with Crippen LogP contribution >= 0.6 is 0 Å². The van der Waals surface area contributed by atoms with Crippen molar-refractivity contribution in [2.45, 2.75) is 38.8 Å². The van der Waals surface area contributed by atoms with Gasteiger partial charge in [0.25, 0.3) is 5.91 Å². The number of alkyl halides is 2. The maximum atomic E-state index is 13.3. The second-order valence-electron chi connectivity index (χ2n) is 7.04. The molecule has 0 saturated heterocycles. The zero-order valence-electron chi connectivity index (χ0n) is 17.1. The smallest absolute Gasteiger partial charge is 0.387 e. The predicted molar refractivity (Wildman–Crippen MR) is 111 cm³/mol. The summed E-state index contributed by atoms with van der Waals surface area (Å²) in [6, 6.07) is 11.9. The van der Waals surface area contributed by atoms with E-state index >= 15 is 0 Å². The average Bonchev–Trinajstić information content (AvgIpc) is 2.94. The highest BCUT2D eigenvalue weighted by Gasteiger charge is 2.49. The summed E-state index contributed by atoms with van der Waals surface area (Å²) in [6.07, 6.45) is 1.72. The Morgan fingerprint density at radius 3 is 2.57 bits per heavy atom. The van der Waals surface area contributed by atoms with Gasteiger partial charge in [-0.05, 0) is 54.3 Å². The van der Waals surface area contributed by atoms with Crippen molar-refractivity contribution >= 4 is 11.9 Å². The Kier molecular flexibility index (Phi) is 6.06. The number of aryl methyl sites for hydroxylation is 1. The van der Waals surface area contributed by atoms with E-state index in [4.69, 9.17) is 5.73 Å². The third-order valence-corrected chi connectivity index (χ3v) is 4.94. The van der Waals surface area contributed by atoms with Crippen molar-refractivity contribution in [3.8, 4) is 17.6 Å². The van der Waals surface area contributed by atoms with Crippen molar-refractivity contribution in [3.05, 3.63) is 64.7 Å². The number of ether oxygens (including phenoxy) is 1. The first kappa shape index (κ1) is 21.3. The fourth-order valence-corrected chi connectivity index (χ4v) is 3.40. The molecule has 7 heteroatoms. The van der Waals surface area contributed by atoms with Gasteiger partial charge in [0.1, 0.15) is 5.75 Å². The second kappa shape index (κ2) is 8.54. The summed E-state index contributed by atoms with van der Waals surface area (Å²) in [7, 11) is 1.55. The highest BCUT2D eigenvalue weighted by Crippen LogP contribution is 2.41. The van der Waals surface area contributed by atoms with Crippen LogP contribution in [0.2, 0.25) is 0 Å². The Bertz CT molecular complexity index is 1060. The molecule has 1 heterocycles. The first-order valence-corrected chi connectivity index (χ1v) is 9.58. The third kappa shape index (κ3) is 3.86. The molecule has 0 spiro atoms. The van der Waals surface area contributed by atoms with Crippen LogP contribution in [0.4, 0.5) is 8.78 Å². The Balaban J connectivity index is 2.16. The SMILES string of the molecule is CCCC#Cc1cccc([C@@]2(c3ccc(OC(F)F)c(C)c3)N=C(N)N(C)C2=O)c1. The lowest BCUT2D eigenvalue weighted by Crippen LogP contribution is -2.41. The van der Waals surface area contributed by atoms with Gasteiger partial charge >= 0.3 is 6.61 Å². The second-order valence-corrected chi connectivity index (χ2v) is 7.04. The van der Waals surface area contributed by atoms with Gasteiger partial charge in [0, 0.05) is 19.0 Å². The number of likely N-dealkylation sites (N-methyl/N-ethyl adjacent to an activating group) is 1. The molecule has 2 N–H and O–H groups in total. The van der Waals surface area contributed by atoms with Crippen molar-refractivity contribution in [2.75, 3.05) is 7.05 Å². The monoisotopic (exact) mass is 411 g/mol. The molecule has 30 heavy (non-hydrogen) atoms. The summed E-state index contributed by atoms with van der Waals surface area (Å²) < 4.78 is 29.8. The van der Waals surface area contributed by atoms with Gasteiger partial charge in [-0.1, -0.05) is 37.0 Å². The Morgan fingerprint density at radius 1 is 1.23 bits per heavy atom. The van der Waals surface area contributed by atoms with Gasteiger partial charge in [-0.2, -0.15) is 8.78 Å². The molecular weight excluding hydrogens is 388 g/mol. The number of nitrogens with zero attached hydrogens (tertiary/aromatic N) is 2. The van der Waals surface area contributed by atoms with E-state index in [-0.39, 0.29) is 17.6 Å². The van der Waals surface area contributed by atoms with E-state index in [2.05, 4.69) is 21.6 Å². The number of unbranched alkanes of at least 4 members (excludes halogenated alkanes) is 1. The highest BCUT2D eigenvalue weighted by molar-refractivity contribution is 6.09. The molecule has 2 aromatic rings. The number of nitrogens with two attached hydrogens (primary N) is 1. The van der Waals surface area contributed by atoms with Crippen molar-refractivity contribution in [2.24, 2.45) is 10.7 Å². The Hall–Kier alpha value is -3.40. The summed E-state index contributed by atoms with van der Waals surface area (Å²) in [4.78, 5) is 19.1. The molecule has 0 bridgehead atoms. The maximum Gasteiger partial charge on any atom is 0.387 e. The van der Waals surface area contributed by atoms with Crippen LogP contribution in [0.5, 0.6) is 5.75 Å². The largest absolute Gasteiger partial charge is 0.435 e. The van der Waals surface area contributed by atoms with E-state index in [1.165, 1.54) is 11.0 Å². The summed E-state index contributed by atoms with van der Waals surface area (Å²) in [6.45, 7) is 0.751.